The lowest BCUT2D eigenvalue weighted by molar-refractivity contribution is 0.135. The number of rotatable bonds is 2. The van der Waals surface area contributed by atoms with Crippen molar-refractivity contribution >= 4 is 17.3 Å². The van der Waals surface area contributed by atoms with Gasteiger partial charge in [0.1, 0.15) is 0 Å². The molecule has 0 saturated carbocycles. The summed E-state index contributed by atoms with van der Waals surface area (Å²) in [5, 5.41) is 10.3. The predicted molar refractivity (Wildman–Crippen MR) is 77.4 cm³/mol. The van der Waals surface area contributed by atoms with E-state index in [0.29, 0.717) is 5.92 Å². The average Bonchev–Trinajstić information content (AvgIpc) is 2.29. The zero-order valence-electron chi connectivity index (χ0n) is 11.4. The smallest absolute Gasteiger partial charge is 0.0481 e. The van der Waals surface area contributed by atoms with Crippen LogP contribution in [-0.2, 0) is 0 Å². The van der Waals surface area contributed by atoms with Crippen LogP contribution in [0.1, 0.15) is 32.3 Å². The van der Waals surface area contributed by atoms with E-state index in [1.54, 1.807) is 0 Å². The summed E-state index contributed by atoms with van der Waals surface area (Å²) in [6.07, 6.45) is 2.24. The number of hydrogen-bond donors (Lipinski definition) is 1. The Morgan fingerprint density at radius 3 is 2.78 bits per heavy atom. The van der Waals surface area contributed by atoms with E-state index >= 15 is 0 Å². The number of benzene rings is 1. The van der Waals surface area contributed by atoms with E-state index < -0.39 is 0 Å². The molecule has 0 amide bonds. The molecule has 1 aliphatic rings. The van der Waals surface area contributed by atoms with Crippen LogP contribution in [0.3, 0.4) is 0 Å². The van der Waals surface area contributed by atoms with Gasteiger partial charge in [-0.2, -0.15) is 0 Å². The number of hydrogen-bond acceptors (Lipinski definition) is 2. The molecule has 1 atom stereocenters. The van der Waals surface area contributed by atoms with E-state index in [-0.39, 0.29) is 12.1 Å². The molecule has 1 heterocycles. The molecule has 0 radical (unpaired) electrons. The van der Waals surface area contributed by atoms with Crippen molar-refractivity contribution in [3.05, 3.63) is 28.8 Å². The highest BCUT2D eigenvalue weighted by Gasteiger charge is 2.38. The van der Waals surface area contributed by atoms with Gasteiger partial charge in [0, 0.05) is 35.3 Å². The molecule has 1 aromatic rings. The number of nitrogens with zero attached hydrogens (tertiary/aromatic N) is 1. The molecule has 1 aromatic carbocycles. The maximum Gasteiger partial charge on any atom is 0.0481 e. The standard InChI is InChI=1S/C15H22ClNO/c1-11-9-13(16)6-7-14(11)17-8-4-5-12(10-18)15(17,2)3/h6-7,9,12,18H,4-5,8,10H2,1-3H3. The number of aliphatic hydroxyl groups is 1. The van der Waals surface area contributed by atoms with Gasteiger partial charge in [-0.3, -0.25) is 0 Å². The molecule has 18 heavy (non-hydrogen) atoms. The number of aryl methyl sites for hydroxylation is 1. The van der Waals surface area contributed by atoms with Crippen LogP contribution in [0.2, 0.25) is 5.02 Å². The van der Waals surface area contributed by atoms with Crippen LogP contribution >= 0.6 is 11.6 Å². The Morgan fingerprint density at radius 2 is 2.17 bits per heavy atom. The van der Waals surface area contributed by atoms with Gasteiger partial charge < -0.3 is 10.0 Å². The van der Waals surface area contributed by atoms with Crippen molar-refractivity contribution < 1.29 is 5.11 Å². The first-order valence-electron chi connectivity index (χ1n) is 6.61. The zero-order chi connectivity index (χ0) is 13.3. The van der Waals surface area contributed by atoms with Gasteiger partial charge in [-0.1, -0.05) is 11.6 Å². The lowest BCUT2D eigenvalue weighted by Crippen LogP contribution is -2.54. The molecule has 0 spiro atoms. The van der Waals surface area contributed by atoms with Crippen LogP contribution in [0.15, 0.2) is 18.2 Å². The monoisotopic (exact) mass is 267 g/mol. The zero-order valence-corrected chi connectivity index (χ0v) is 12.2. The first-order chi connectivity index (χ1) is 8.46. The predicted octanol–water partition coefficient (Wildman–Crippen LogP) is 3.64. The molecule has 3 heteroatoms. The fourth-order valence-corrected chi connectivity index (χ4v) is 3.25. The van der Waals surface area contributed by atoms with Crippen molar-refractivity contribution in [1.82, 2.24) is 0 Å². The van der Waals surface area contributed by atoms with Gasteiger partial charge >= 0.3 is 0 Å². The molecule has 1 fully saturated rings. The quantitative estimate of drug-likeness (QED) is 0.884. The Kier molecular flexibility index (Phi) is 3.88. The van der Waals surface area contributed by atoms with Crippen molar-refractivity contribution in [2.45, 2.75) is 39.2 Å². The molecule has 0 aromatic heterocycles. The van der Waals surface area contributed by atoms with Gasteiger partial charge in [0.25, 0.3) is 0 Å². The summed E-state index contributed by atoms with van der Waals surface area (Å²) in [4.78, 5) is 2.42. The van der Waals surface area contributed by atoms with Crippen molar-refractivity contribution in [3.8, 4) is 0 Å². The van der Waals surface area contributed by atoms with Crippen LogP contribution < -0.4 is 4.90 Å². The van der Waals surface area contributed by atoms with Crippen LogP contribution in [0.5, 0.6) is 0 Å². The van der Waals surface area contributed by atoms with Gasteiger partial charge in [0.15, 0.2) is 0 Å². The van der Waals surface area contributed by atoms with Gasteiger partial charge in [-0.05, 0) is 57.4 Å². The third kappa shape index (κ3) is 2.36. The molecule has 0 aliphatic carbocycles. The number of anilines is 1. The van der Waals surface area contributed by atoms with Crippen LogP contribution in [0.4, 0.5) is 5.69 Å². The van der Waals surface area contributed by atoms with E-state index in [9.17, 15) is 5.11 Å². The first kappa shape index (κ1) is 13.7. The Morgan fingerprint density at radius 1 is 1.44 bits per heavy atom. The number of piperidine rings is 1. The highest BCUT2D eigenvalue weighted by atomic mass is 35.5. The molecule has 1 unspecified atom stereocenters. The van der Waals surface area contributed by atoms with Crippen LogP contribution in [-0.4, -0.2) is 23.8 Å². The Hall–Kier alpha value is -0.730. The van der Waals surface area contributed by atoms with Crippen LogP contribution in [0, 0.1) is 12.8 Å². The first-order valence-corrected chi connectivity index (χ1v) is 6.99. The third-order valence-electron chi connectivity index (χ3n) is 4.30. The highest BCUT2D eigenvalue weighted by molar-refractivity contribution is 6.30. The lowest BCUT2D eigenvalue weighted by atomic mass is 9.79. The SMILES string of the molecule is Cc1cc(Cl)ccc1N1CCCC(CO)C1(C)C. The Labute approximate surface area is 115 Å². The second kappa shape index (κ2) is 5.10. The van der Waals surface area contributed by atoms with Crippen molar-refractivity contribution in [2.75, 3.05) is 18.1 Å². The van der Waals surface area contributed by atoms with E-state index in [2.05, 4.69) is 31.7 Å². The third-order valence-corrected chi connectivity index (χ3v) is 4.53. The molecular weight excluding hydrogens is 246 g/mol. The Balaban J connectivity index is 2.36. The second-order valence-electron chi connectivity index (χ2n) is 5.76. The molecule has 1 N–H and O–H groups in total. The fourth-order valence-electron chi connectivity index (χ4n) is 3.02. The van der Waals surface area contributed by atoms with Crippen molar-refractivity contribution in [3.63, 3.8) is 0 Å². The molecule has 0 bridgehead atoms. The van der Waals surface area contributed by atoms with Crippen molar-refractivity contribution in [2.24, 2.45) is 5.92 Å². The van der Waals surface area contributed by atoms with E-state index in [1.165, 1.54) is 11.3 Å². The minimum absolute atomic E-state index is 0.00834. The highest BCUT2D eigenvalue weighted by Crippen LogP contribution is 2.38. The molecule has 1 aliphatic heterocycles. The second-order valence-corrected chi connectivity index (χ2v) is 6.19. The lowest BCUT2D eigenvalue weighted by Gasteiger charge is -2.49. The number of halogens is 1. The summed E-state index contributed by atoms with van der Waals surface area (Å²) in [5.41, 5.74) is 2.43. The van der Waals surface area contributed by atoms with Gasteiger partial charge in [0.2, 0.25) is 0 Å². The van der Waals surface area contributed by atoms with Gasteiger partial charge in [-0.25, -0.2) is 0 Å². The number of aliphatic hydroxyl groups excluding tert-OH is 1. The molecule has 2 nitrogen and oxygen atoms in total. The largest absolute Gasteiger partial charge is 0.396 e. The van der Waals surface area contributed by atoms with Crippen molar-refractivity contribution in [1.29, 1.82) is 0 Å². The summed E-state index contributed by atoms with van der Waals surface area (Å²) < 4.78 is 0. The fraction of sp³-hybridized carbons (Fsp3) is 0.600. The minimum atomic E-state index is -0.00834. The molecule has 100 valence electrons. The summed E-state index contributed by atoms with van der Waals surface area (Å²) >= 11 is 6.02. The van der Waals surface area contributed by atoms with Gasteiger partial charge in [0.05, 0.1) is 0 Å². The van der Waals surface area contributed by atoms with Gasteiger partial charge in [-0.15, -0.1) is 0 Å². The average molecular weight is 268 g/mol. The summed E-state index contributed by atoms with van der Waals surface area (Å²) in [7, 11) is 0. The minimum Gasteiger partial charge on any atom is -0.396 e. The topological polar surface area (TPSA) is 23.5 Å². The normalized spacial score (nSPS) is 23.2. The summed E-state index contributed by atoms with van der Waals surface area (Å²) in [5.74, 6) is 0.335. The summed E-state index contributed by atoms with van der Waals surface area (Å²) in [6.45, 7) is 7.85. The maximum absolute atomic E-state index is 9.56. The van der Waals surface area contributed by atoms with Crippen LogP contribution in [0.25, 0.3) is 0 Å². The van der Waals surface area contributed by atoms with E-state index in [1.807, 2.05) is 12.1 Å². The van der Waals surface area contributed by atoms with E-state index in [0.717, 1.165) is 24.4 Å². The molecular formula is C15H22ClNO. The Bertz CT molecular complexity index is 431. The molecule has 2 rings (SSSR count). The summed E-state index contributed by atoms with van der Waals surface area (Å²) in [6, 6.07) is 6.05. The molecule has 1 saturated heterocycles. The maximum atomic E-state index is 9.56. The van der Waals surface area contributed by atoms with E-state index in [4.69, 9.17) is 11.6 Å².